The standard InChI is InChI=1S/C12H12O2/c1-10-5-7-11(8-6-10)14-12-4-2-3-9-13-12/h2-9,12H,1H3. The van der Waals surface area contributed by atoms with Crippen molar-refractivity contribution in [2.24, 2.45) is 0 Å². The molecule has 0 amide bonds. The Morgan fingerprint density at radius 2 is 1.93 bits per heavy atom. The van der Waals surface area contributed by atoms with Crippen molar-refractivity contribution in [3.8, 4) is 5.75 Å². The van der Waals surface area contributed by atoms with Gasteiger partial charge in [-0.1, -0.05) is 23.8 Å². The van der Waals surface area contributed by atoms with Gasteiger partial charge in [0.25, 0.3) is 6.29 Å². The summed E-state index contributed by atoms with van der Waals surface area (Å²) >= 11 is 0. The minimum atomic E-state index is -0.303. The summed E-state index contributed by atoms with van der Waals surface area (Å²) in [6.07, 6.45) is 6.92. The molecule has 72 valence electrons. The van der Waals surface area contributed by atoms with E-state index >= 15 is 0 Å². The van der Waals surface area contributed by atoms with Crippen LogP contribution >= 0.6 is 0 Å². The Kier molecular flexibility index (Phi) is 2.54. The van der Waals surface area contributed by atoms with Gasteiger partial charge in [-0.25, -0.2) is 0 Å². The highest BCUT2D eigenvalue weighted by atomic mass is 16.7. The molecule has 0 spiro atoms. The molecule has 2 heteroatoms. The van der Waals surface area contributed by atoms with E-state index in [9.17, 15) is 0 Å². The number of allylic oxidation sites excluding steroid dienone is 2. The number of benzene rings is 1. The summed E-state index contributed by atoms with van der Waals surface area (Å²) in [6.45, 7) is 2.05. The molecule has 1 aliphatic heterocycles. The van der Waals surface area contributed by atoms with Gasteiger partial charge in [0.1, 0.15) is 5.75 Å². The van der Waals surface area contributed by atoms with Gasteiger partial charge >= 0.3 is 0 Å². The smallest absolute Gasteiger partial charge is 0.260 e. The molecule has 1 aromatic carbocycles. The largest absolute Gasteiger partial charge is 0.459 e. The first-order valence-corrected chi connectivity index (χ1v) is 4.57. The summed E-state index contributed by atoms with van der Waals surface area (Å²) in [7, 11) is 0. The molecule has 1 aromatic rings. The molecule has 2 nitrogen and oxygen atoms in total. The van der Waals surface area contributed by atoms with E-state index in [1.165, 1.54) is 5.56 Å². The Labute approximate surface area is 83.5 Å². The van der Waals surface area contributed by atoms with Crippen LogP contribution in [0.5, 0.6) is 5.75 Å². The molecule has 0 fully saturated rings. The summed E-state index contributed by atoms with van der Waals surface area (Å²) in [5, 5.41) is 0. The molecular formula is C12H12O2. The highest BCUT2D eigenvalue weighted by molar-refractivity contribution is 5.26. The van der Waals surface area contributed by atoms with Crippen molar-refractivity contribution in [2.45, 2.75) is 13.2 Å². The quantitative estimate of drug-likeness (QED) is 0.710. The summed E-state index contributed by atoms with van der Waals surface area (Å²) < 4.78 is 10.8. The molecule has 0 bridgehead atoms. The molecular weight excluding hydrogens is 176 g/mol. The van der Waals surface area contributed by atoms with Crippen LogP contribution in [0.25, 0.3) is 0 Å². The minimum Gasteiger partial charge on any atom is -0.459 e. The number of hydrogen-bond acceptors (Lipinski definition) is 2. The Bertz CT molecular complexity index is 349. The highest BCUT2D eigenvalue weighted by Crippen LogP contribution is 2.15. The van der Waals surface area contributed by atoms with Crippen LogP contribution in [0.3, 0.4) is 0 Å². The molecule has 0 saturated heterocycles. The maximum absolute atomic E-state index is 5.55. The Morgan fingerprint density at radius 3 is 2.57 bits per heavy atom. The van der Waals surface area contributed by atoms with Crippen molar-refractivity contribution in [1.29, 1.82) is 0 Å². The summed E-state index contributed by atoms with van der Waals surface area (Å²) in [4.78, 5) is 0. The lowest BCUT2D eigenvalue weighted by Gasteiger charge is -2.16. The molecule has 2 rings (SSSR count). The Balaban J connectivity index is 2.00. The van der Waals surface area contributed by atoms with E-state index in [4.69, 9.17) is 9.47 Å². The van der Waals surface area contributed by atoms with Crippen LogP contribution in [0.2, 0.25) is 0 Å². The molecule has 0 radical (unpaired) electrons. The molecule has 0 N–H and O–H groups in total. The van der Waals surface area contributed by atoms with Gasteiger partial charge in [0.2, 0.25) is 0 Å². The zero-order valence-electron chi connectivity index (χ0n) is 8.01. The summed E-state index contributed by atoms with van der Waals surface area (Å²) in [6, 6.07) is 7.89. The maximum Gasteiger partial charge on any atom is 0.260 e. The van der Waals surface area contributed by atoms with Crippen molar-refractivity contribution in [1.82, 2.24) is 0 Å². The molecule has 1 unspecified atom stereocenters. The van der Waals surface area contributed by atoms with Crippen LogP contribution in [-0.2, 0) is 4.74 Å². The van der Waals surface area contributed by atoms with Crippen molar-refractivity contribution in [3.05, 3.63) is 54.3 Å². The number of ether oxygens (including phenoxy) is 2. The van der Waals surface area contributed by atoms with Gasteiger partial charge in [-0.2, -0.15) is 0 Å². The lowest BCUT2D eigenvalue weighted by Crippen LogP contribution is -2.16. The lowest BCUT2D eigenvalue weighted by atomic mass is 10.2. The average Bonchev–Trinajstić information content (AvgIpc) is 2.23. The highest BCUT2D eigenvalue weighted by Gasteiger charge is 2.06. The summed E-state index contributed by atoms with van der Waals surface area (Å²) in [5.74, 6) is 0.820. The average molecular weight is 188 g/mol. The summed E-state index contributed by atoms with van der Waals surface area (Å²) in [5.41, 5.74) is 1.22. The van der Waals surface area contributed by atoms with Gasteiger partial charge in [-0.05, 0) is 31.2 Å². The number of aryl methyl sites for hydroxylation is 1. The zero-order valence-corrected chi connectivity index (χ0v) is 8.01. The van der Waals surface area contributed by atoms with Crippen LogP contribution in [0.4, 0.5) is 0 Å². The Hall–Kier alpha value is -1.70. The fraction of sp³-hybridized carbons (Fsp3) is 0.167. The van der Waals surface area contributed by atoms with Gasteiger partial charge in [-0.15, -0.1) is 0 Å². The maximum atomic E-state index is 5.55. The van der Waals surface area contributed by atoms with Gasteiger partial charge < -0.3 is 9.47 Å². The van der Waals surface area contributed by atoms with Crippen molar-refractivity contribution in [2.75, 3.05) is 0 Å². The molecule has 14 heavy (non-hydrogen) atoms. The third kappa shape index (κ3) is 2.16. The molecule has 1 aliphatic rings. The third-order valence-corrected chi connectivity index (χ3v) is 1.94. The van der Waals surface area contributed by atoms with Gasteiger partial charge in [0.05, 0.1) is 6.26 Å². The second kappa shape index (κ2) is 4.01. The predicted molar refractivity (Wildman–Crippen MR) is 55.0 cm³/mol. The molecule has 0 saturated carbocycles. The van der Waals surface area contributed by atoms with E-state index in [2.05, 4.69) is 0 Å². The van der Waals surface area contributed by atoms with E-state index in [0.29, 0.717) is 0 Å². The van der Waals surface area contributed by atoms with E-state index in [0.717, 1.165) is 5.75 Å². The molecule has 1 heterocycles. The first-order chi connectivity index (χ1) is 6.84. The topological polar surface area (TPSA) is 18.5 Å². The first-order valence-electron chi connectivity index (χ1n) is 4.57. The van der Waals surface area contributed by atoms with Gasteiger partial charge in [0, 0.05) is 0 Å². The van der Waals surface area contributed by atoms with Crippen LogP contribution in [0, 0.1) is 6.92 Å². The molecule has 0 aliphatic carbocycles. The second-order valence-corrected chi connectivity index (χ2v) is 3.15. The first kappa shape index (κ1) is 8.88. The van der Waals surface area contributed by atoms with Gasteiger partial charge in [-0.3, -0.25) is 0 Å². The molecule has 0 aromatic heterocycles. The van der Waals surface area contributed by atoms with Crippen molar-refractivity contribution in [3.63, 3.8) is 0 Å². The van der Waals surface area contributed by atoms with E-state index in [1.54, 1.807) is 6.26 Å². The SMILES string of the molecule is Cc1ccc(OC2C=CC=CO2)cc1. The second-order valence-electron chi connectivity index (χ2n) is 3.15. The van der Waals surface area contributed by atoms with Crippen LogP contribution < -0.4 is 4.74 Å². The van der Waals surface area contributed by atoms with Crippen LogP contribution in [0.15, 0.2) is 48.8 Å². The third-order valence-electron chi connectivity index (χ3n) is 1.94. The fourth-order valence-corrected chi connectivity index (χ4v) is 1.19. The Morgan fingerprint density at radius 1 is 1.14 bits per heavy atom. The minimum absolute atomic E-state index is 0.303. The van der Waals surface area contributed by atoms with Gasteiger partial charge in [0.15, 0.2) is 0 Å². The predicted octanol–water partition coefficient (Wildman–Crippen LogP) is 2.80. The monoisotopic (exact) mass is 188 g/mol. The van der Waals surface area contributed by atoms with E-state index in [1.807, 2.05) is 49.4 Å². The van der Waals surface area contributed by atoms with Crippen LogP contribution in [-0.4, -0.2) is 6.29 Å². The zero-order chi connectivity index (χ0) is 9.80. The number of rotatable bonds is 2. The number of hydrogen-bond donors (Lipinski definition) is 0. The van der Waals surface area contributed by atoms with Crippen molar-refractivity contribution >= 4 is 0 Å². The van der Waals surface area contributed by atoms with E-state index in [-0.39, 0.29) is 6.29 Å². The fourth-order valence-electron chi connectivity index (χ4n) is 1.19. The van der Waals surface area contributed by atoms with Crippen LogP contribution in [0.1, 0.15) is 5.56 Å². The normalized spacial score (nSPS) is 19.1. The van der Waals surface area contributed by atoms with E-state index < -0.39 is 0 Å². The lowest BCUT2D eigenvalue weighted by molar-refractivity contribution is 0.00786. The van der Waals surface area contributed by atoms with Crippen molar-refractivity contribution < 1.29 is 9.47 Å². The molecule has 1 atom stereocenters.